The maximum absolute atomic E-state index is 11.9. The van der Waals surface area contributed by atoms with Gasteiger partial charge in [0.05, 0.1) is 22.7 Å². The van der Waals surface area contributed by atoms with Gasteiger partial charge in [-0.3, -0.25) is 0 Å². The van der Waals surface area contributed by atoms with Crippen LogP contribution in [0.2, 0.25) is 5.02 Å². The topological polar surface area (TPSA) is 53.1 Å². The molecule has 2 aromatic rings. The van der Waals surface area contributed by atoms with Gasteiger partial charge in [-0.25, -0.2) is 4.98 Å². The SMILES string of the molecule is Nc1nc2cccc(Cl)c2n1CCOCC(F)(F)F. The van der Waals surface area contributed by atoms with Crippen molar-refractivity contribution in [1.82, 2.24) is 9.55 Å². The van der Waals surface area contributed by atoms with E-state index in [0.29, 0.717) is 16.1 Å². The normalized spacial score (nSPS) is 12.2. The lowest BCUT2D eigenvalue weighted by atomic mass is 10.3. The molecule has 0 unspecified atom stereocenters. The van der Waals surface area contributed by atoms with E-state index in [1.165, 1.54) is 4.57 Å². The number of para-hydroxylation sites is 1. The molecule has 0 spiro atoms. The molecular formula is C11H11ClF3N3O. The van der Waals surface area contributed by atoms with Crippen LogP contribution in [-0.4, -0.2) is 28.9 Å². The molecule has 0 aliphatic heterocycles. The summed E-state index contributed by atoms with van der Waals surface area (Å²) in [5, 5.41) is 0.442. The second-order valence-electron chi connectivity index (χ2n) is 3.90. The average Bonchev–Trinajstić information content (AvgIpc) is 2.61. The zero-order valence-electron chi connectivity index (χ0n) is 9.75. The summed E-state index contributed by atoms with van der Waals surface area (Å²) in [6, 6.07) is 5.12. The van der Waals surface area contributed by atoms with Crippen LogP contribution in [0.15, 0.2) is 18.2 Å². The summed E-state index contributed by atoms with van der Waals surface area (Å²) in [4.78, 5) is 4.08. The molecule has 0 radical (unpaired) electrons. The highest BCUT2D eigenvalue weighted by Gasteiger charge is 2.27. The first-order chi connectivity index (χ1) is 8.88. The van der Waals surface area contributed by atoms with E-state index in [-0.39, 0.29) is 19.1 Å². The number of alkyl halides is 3. The van der Waals surface area contributed by atoms with E-state index in [9.17, 15) is 13.2 Å². The minimum atomic E-state index is -4.33. The highest BCUT2D eigenvalue weighted by molar-refractivity contribution is 6.35. The number of nitrogen functional groups attached to an aromatic ring is 1. The molecule has 2 N–H and O–H groups in total. The fraction of sp³-hybridized carbons (Fsp3) is 0.364. The van der Waals surface area contributed by atoms with Gasteiger partial charge in [0.15, 0.2) is 0 Å². The zero-order chi connectivity index (χ0) is 14.0. The molecular weight excluding hydrogens is 283 g/mol. The number of ether oxygens (including phenoxy) is 1. The van der Waals surface area contributed by atoms with Crippen molar-refractivity contribution in [3.63, 3.8) is 0 Å². The predicted molar refractivity (Wildman–Crippen MR) is 66.0 cm³/mol. The van der Waals surface area contributed by atoms with Crippen molar-refractivity contribution >= 4 is 28.6 Å². The van der Waals surface area contributed by atoms with Gasteiger partial charge in [-0.15, -0.1) is 0 Å². The van der Waals surface area contributed by atoms with E-state index >= 15 is 0 Å². The van der Waals surface area contributed by atoms with Gasteiger partial charge in [0.2, 0.25) is 5.95 Å². The van der Waals surface area contributed by atoms with E-state index in [4.69, 9.17) is 17.3 Å². The standard InChI is InChI=1S/C11H11ClF3N3O/c12-7-2-1-3-8-9(7)18(10(16)17-8)4-5-19-6-11(13,14)15/h1-3H,4-6H2,(H2,16,17). The summed E-state index contributed by atoms with van der Waals surface area (Å²) in [5.41, 5.74) is 6.90. The average molecular weight is 294 g/mol. The second kappa shape index (κ2) is 5.26. The maximum Gasteiger partial charge on any atom is 0.411 e. The minimum absolute atomic E-state index is 0.125. The van der Waals surface area contributed by atoms with Crippen molar-refractivity contribution in [2.24, 2.45) is 0 Å². The van der Waals surface area contributed by atoms with Crippen molar-refractivity contribution in [1.29, 1.82) is 0 Å². The van der Waals surface area contributed by atoms with Gasteiger partial charge in [-0.1, -0.05) is 17.7 Å². The van der Waals surface area contributed by atoms with E-state index in [0.717, 1.165) is 0 Å². The predicted octanol–water partition coefficient (Wildman–Crippen LogP) is 2.85. The Morgan fingerprint density at radius 2 is 2.11 bits per heavy atom. The molecule has 0 aliphatic carbocycles. The fourth-order valence-electron chi connectivity index (χ4n) is 1.73. The molecule has 2 rings (SSSR count). The van der Waals surface area contributed by atoms with Gasteiger partial charge in [-0.2, -0.15) is 13.2 Å². The number of anilines is 1. The summed E-state index contributed by atoms with van der Waals surface area (Å²) in [6.07, 6.45) is -4.33. The van der Waals surface area contributed by atoms with Crippen molar-refractivity contribution in [2.75, 3.05) is 18.9 Å². The van der Waals surface area contributed by atoms with Crippen LogP contribution in [0.4, 0.5) is 19.1 Å². The van der Waals surface area contributed by atoms with Gasteiger partial charge >= 0.3 is 6.18 Å². The van der Waals surface area contributed by atoms with Crippen LogP contribution in [0.3, 0.4) is 0 Å². The third kappa shape index (κ3) is 3.30. The number of hydrogen-bond donors (Lipinski definition) is 1. The monoisotopic (exact) mass is 293 g/mol. The number of hydrogen-bond acceptors (Lipinski definition) is 3. The quantitative estimate of drug-likeness (QED) is 0.882. The van der Waals surface area contributed by atoms with Gasteiger partial charge in [-0.05, 0) is 12.1 Å². The highest BCUT2D eigenvalue weighted by Crippen LogP contribution is 2.25. The first-order valence-corrected chi connectivity index (χ1v) is 5.81. The first-order valence-electron chi connectivity index (χ1n) is 5.43. The first kappa shape index (κ1) is 14.0. The summed E-state index contributed by atoms with van der Waals surface area (Å²) in [7, 11) is 0. The number of benzene rings is 1. The number of fused-ring (bicyclic) bond motifs is 1. The Bertz CT molecular complexity index is 582. The van der Waals surface area contributed by atoms with Crippen molar-refractivity contribution < 1.29 is 17.9 Å². The van der Waals surface area contributed by atoms with Crippen molar-refractivity contribution in [2.45, 2.75) is 12.7 Å². The molecule has 0 saturated heterocycles. The largest absolute Gasteiger partial charge is 0.411 e. The van der Waals surface area contributed by atoms with E-state index in [1.54, 1.807) is 18.2 Å². The number of rotatable bonds is 4. The molecule has 0 atom stereocenters. The summed E-state index contributed by atoms with van der Waals surface area (Å²) >= 11 is 6.02. The van der Waals surface area contributed by atoms with Gasteiger partial charge in [0.25, 0.3) is 0 Å². The van der Waals surface area contributed by atoms with E-state index < -0.39 is 12.8 Å². The van der Waals surface area contributed by atoms with Crippen LogP contribution in [-0.2, 0) is 11.3 Å². The molecule has 0 amide bonds. The smallest absolute Gasteiger partial charge is 0.370 e. The summed E-state index contributed by atoms with van der Waals surface area (Å²) < 4.78 is 41.9. The molecule has 0 aliphatic rings. The zero-order valence-corrected chi connectivity index (χ0v) is 10.5. The Labute approximate surface area is 111 Å². The number of halogens is 4. The van der Waals surface area contributed by atoms with Crippen molar-refractivity contribution in [3.05, 3.63) is 23.2 Å². The lowest BCUT2D eigenvalue weighted by Gasteiger charge is -2.10. The Kier molecular flexibility index (Phi) is 3.86. The van der Waals surface area contributed by atoms with E-state index in [2.05, 4.69) is 9.72 Å². The lowest BCUT2D eigenvalue weighted by molar-refractivity contribution is -0.174. The second-order valence-corrected chi connectivity index (χ2v) is 4.30. The van der Waals surface area contributed by atoms with Gasteiger partial charge < -0.3 is 15.0 Å². The molecule has 1 heterocycles. The number of imidazole rings is 1. The maximum atomic E-state index is 11.9. The molecule has 0 saturated carbocycles. The Balaban J connectivity index is 2.10. The van der Waals surface area contributed by atoms with E-state index in [1.807, 2.05) is 0 Å². The molecule has 0 bridgehead atoms. The van der Waals surface area contributed by atoms with Crippen LogP contribution < -0.4 is 5.73 Å². The summed E-state index contributed by atoms with van der Waals surface area (Å²) in [5.74, 6) is 0.193. The van der Waals surface area contributed by atoms with Crippen LogP contribution in [0, 0.1) is 0 Å². The van der Waals surface area contributed by atoms with Crippen LogP contribution in [0.1, 0.15) is 0 Å². The molecule has 104 valence electrons. The molecule has 1 aromatic carbocycles. The molecule has 0 fully saturated rings. The van der Waals surface area contributed by atoms with Crippen LogP contribution in [0.5, 0.6) is 0 Å². The van der Waals surface area contributed by atoms with Gasteiger partial charge in [0, 0.05) is 6.54 Å². The van der Waals surface area contributed by atoms with Crippen LogP contribution in [0.25, 0.3) is 11.0 Å². The Hall–Kier alpha value is -1.47. The Morgan fingerprint density at radius 1 is 1.37 bits per heavy atom. The number of aromatic nitrogens is 2. The van der Waals surface area contributed by atoms with Gasteiger partial charge in [0.1, 0.15) is 6.61 Å². The fourth-order valence-corrected chi connectivity index (χ4v) is 2.00. The third-order valence-electron chi connectivity index (χ3n) is 2.47. The number of nitrogens with two attached hydrogens (primary N) is 1. The number of nitrogens with zero attached hydrogens (tertiary/aromatic N) is 2. The van der Waals surface area contributed by atoms with Crippen LogP contribution >= 0.6 is 11.6 Å². The highest BCUT2D eigenvalue weighted by atomic mass is 35.5. The molecule has 8 heteroatoms. The molecule has 19 heavy (non-hydrogen) atoms. The summed E-state index contributed by atoms with van der Waals surface area (Å²) in [6.45, 7) is -1.25. The third-order valence-corrected chi connectivity index (χ3v) is 2.78. The Morgan fingerprint density at radius 3 is 2.79 bits per heavy atom. The molecule has 1 aromatic heterocycles. The lowest BCUT2D eigenvalue weighted by Crippen LogP contribution is -2.19. The minimum Gasteiger partial charge on any atom is -0.370 e. The molecule has 4 nitrogen and oxygen atoms in total. The van der Waals surface area contributed by atoms with Crippen molar-refractivity contribution in [3.8, 4) is 0 Å².